The number of Topliss-reactive ketones (excluding diaryl/α,β-unsaturated/α-hetero) is 2. The molecule has 4 nitrogen and oxygen atoms in total. The molecule has 1 aliphatic rings. The van der Waals surface area contributed by atoms with Gasteiger partial charge in [-0.1, -0.05) is 24.3 Å². The molecule has 0 fully saturated rings. The van der Waals surface area contributed by atoms with E-state index in [2.05, 4.69) is 0 Å². The van der Waals surface area contributed by atoms with Gasteiger partial charge in [-0.05, 0) is 5.56 Å². The van der Waals surface area contributed by atoms with Gasteiger partial charge >= 0.3 is 0 Å². The Morgan fingerprint density at radius 3 is 2.33 bits per heavy atom. The number of allylic oxidation sites excluding steroid dienone is 2. The number of nitriles is 1. The Hall–Kier alpha value is -2.41. The summed E-state index contributed by atoms with van der Waals surface area (Å²) in [4.78, 5) is 23.0. The van der Waals surface area contributed by atoms with Gasteiger partial charge in [0, 0.05) is 5.56 Å². The van der Waals surface area contributed by atoms with Crippen molar-refractivity contribution in [3.05, 3.63) is 41.1 Å². The van der Waals surface area contributed by atoms with E-state index in [0.717, 1.165) is 0 Å². The summed E-state index contributed by atoms with van der Waals surface area (Å²) in [5.74, 6) is -1.30. The highest BCUT2D eigenvalue weighted by atomic mass is 16.2. The number of hydrogen-bond donors (Lipinski definition) is 1. The molecule has 1 aliphatic carbocycles. The molecule has 0 aromatic heterocycles. The van der Waals surface area contributed by atoms with Crippen LogP contribution in [0.2, 0.25) is 0 Å². The highest BCUT2D eigenvalue weighted by Crippen LogP contribution is 2.30. The molecule has 0 aliphatic heterocycles. The summed E-state index contributed by atoms with van der Waals surface area (Å²) >= 11 is 0. The highest BCUT2D eigenvalue weighted by Gasteiger charge is 2.34. The van der Waals surface area contributed by atoms with Crippen LogP contribution in [0.3, 0.4) is 0 Å². The van der Waals surface area contributed by atoms with Gasteiger partial charge in [0.15, 0.2) is 0 Å². The zero-order chi connectivity index (χ0) is 11.0. The van der Waals surface area contributed by atoms with Gasteiger partial charge < -0.3 is 5.73 Å². The number of hydrogen-bond acceptors (Lipinski definition) is 4. The van der Waals surface area contributed by atoms with Gasteiger partial charge in [-0.25, -0.2) is 0 Å². The van der Waals surface area contributed by atoms with Crippen molar-refractivity contribution in [2.75, 3.05) is 0 Å². The summed E-state index contributed by atoms with van der Waals surface area (Å²) < 4.78 is 0. The fourth-order valence-electron chi connectivity index (χ4n) is 1.58. The minimum absolute atomic E-state index is 0.0260. The van der Waals surface area contributed by atoms with Crippen LogP contribution in [0.4, 0.5) is 0 Å². The SMILES string of the molecule is N#CC(N)=C1C(=O)C(=O)c2ccccc21. The lowest BCUT2D eigenvalue weighted by atomic mass is 10.1. The maximum atomic E-state index is 11.5. The molecule has 15 heavy (non-hydrogen) atoms. The third-order valence-electron chi connectivity index (χ3n) is 2.26. The number of carbonyl (C=O) groups is 2. The van der Waals surface area contributed by atoms with E-state index < -0.39 is 11.6 Å². The lowest BCUT2D eigenvalue weighted by molar-refractivity contribution is -0.109. The molecule has 0 heterocycles. The van der Waals surface area contributed by atoms with E-state index in [4.69, 9.17) is 11.0 Å². The Bertz CT molecular complexity index is 550. The first-order chi connectivity index (χ1) is 7.16. The molecule has 0 radical (unpaired) electrons. The van der Waals surface area contributed by atoms with Crippen molar-refractivity contribution in [2.45, 2.75) is 0 Å². The van der Waals surface area contributed by atoms with E-state index in [9.17, 15) is 9.59 Å². The molecule has 0 atom stereocenters. The van der Waals surface area contributed by atoms with Crippen molar-refractivity contribution >= 4 is 17.1 Å². The van der Waals surface area contributed by atoms with Crippen molar-refractivity contribution in [2.24, 2.45) is 5.73 Å². The highest BCUT2D eigenvalue weighted by molar-refractivity contribution is 6.63. The van der Waals surface area contributed by atoms with Gasteiger partial charge in [0.25, 0.3) is 0 Å². The van der Waals surface area contributed by atoms with E-state index in [1.807, 2.05) is 0 Å². The standard InChI is InChI=1S/C11H6N2O2/c12-5-8(13)9-6-3-1-2-4-7(6)10(14)11(9)15/h1-4H,13H2. The third-order valence-corrected chi connectivity index (χ3v) is 2.26. The van der Waals surface area contributed by atoms with Gasteiger partial charge in [0.05, 0.1) is 5.57 Å². The fraction of sp³-hybridized carbons (Fsp3) is 0. The molecule has 0 spiro atoms. The van der Waals surface area contributed by atoms with E-state index in [1.165, 1.54) is 0 Å². The smallest absolute Gasteiger partial charge is 0.237 e. The third kappa shape index (κ3) is 1.14. The number of nitrogens with zero attached hydrogens (tertiary/aromatic N) is 1. The summed E-state index contributed by atoms with van der Waals surface area (Å²) in [6, 6.07) is 8.19. The zero-order valence-electron chi connectivity index (χ0n) is 7.65. The number of benzene rings is 1. The molecule has 1 aromatic carbocycles. The van der Waals surface area contributed by atoms with Gasteiger partial charge in [0.1, 0.15) is 11.8 Å². The minimum Gasteiger partial charge on any atom is -0.390 e. The normalized spacial score (nSPS) is 17.3. The lowest BCUT2D eigenvalue weighted by Gasteiger charge is -1.97. The molecule has 2 N–H and O–H groups in total. The fourth-order valence-corrected chi connectivity index (χ4v) is 1.58. The molecule has 1 aromatic rings. The van der Waals surface area contributed by atoms with Crippen molar-refractivity contribution in [3.63, 3.8) is 0 Å². The van der Waals surface area contributed by atoms with E-state index >= 15 is 0 Å². The lowest BCUT2D eigenvalue weighted by Crippen LogP contribution is -2.09. The first-order valence-corrected chi connectivity index (χ1v) is 4.25. The summed E-state index contributed by atoms with van der Waals surface area (Å²) in [7, 11) is 0. The Kier molecular flexibility index (Phi) is 1.87. The van der Waals surface area contributed by atoms with Crippen LogP contribution in [0.15, 0.2) is 30.0 Å². The molecular formula is C11H6N2O2. The molecule has 0 amide bonds. The van der Waals surface area contributed by atoms with Crippen molar-refractivity contribution in [1.82, 2.24) is 0 Å². The van der Waals surface area contributed by atoms with E-state index in [0.29, 0.717) is 11.1 Å². The number of fused-ring (bicyclic) bond motifs is 1. The van der Waals surface area contributed by atoms with E-state index in [1.54, 1.807) is 30.3 Å². The Labute approximate surface area is 85.6 Å². The van der Waals surface area contributed by atoms with Gasteiger partial charge in [-0.15, -0.1) is 0 Å². The van der Waals surface area contributed by atoms with Gasteiger partial charge in [-0.3, -0.25) is 9.59 Å². The van der Waals surface area contributed by atoms with Crippen LogP contribution in [0, 0.1) is 11.3 Å². The molecule has 4 heteroatoms. The van der Waals surface area contributed by atoms with Crippen LogP contribution in [-0.4, -0.2) is 11.6 Å². The van der Waals surface area contributed by atoms with Crippen molar-refractivity contribution in [3.8, 4) is 6.07 Å². The van der Waals surface area contributed by atoms with Gasteiger partial charge in [0.2, 0.25) is 11.6 Å². The first kappa shape index (κ1) is 9.16. The van der Waals surface area contributed by atoms with Crippen LogP contribution in [0.5, 0.6) is 0 Å². The predicted molar refractivity (Wildman–Crippen MR) is 52.5 cm³/mol. The topological polar surface area (TPSA) is 83.9 Å². The molecule has 0 saturated carbocycles. The maximum Gasteiger partial charge on any atom is 0.237 e. The summed E-state index contributed by atoms with van der Waals surface area (Å²) in [5.41, 5.74) is 5.97. The molecule has 0 saturated heterocycles. The van der Waals surface area contributed by atoms with Crippen LogP contribution >= 0.6 is 0 Å². The van der Waals surface area contributed by atoms with Crippen molar-refractivity contribution < 1.29 is 9.59 Å². The largest absolute Gasteiger partial charge is 0.390 e. The molecule has 72 valence electrons. The summed E-state index contributed by atoms with van der Waals surface area (Å²) in [6.45, 7) is 0. The molecule has 2 rings (SSSR count). The number of nitrogens with two attached hydrogens (primary N) is 1. The average molecular weight is 198 g/mol. The van der Waals surface area contributed by atoms with Crippen LogP contribution in [-0.2, 0) is 4.79 Å². The van der Waals surface area contributed by atoms with Crippen LogP contribution < -0.4 is 5.73 Å². The number of rotatable bonds is 0. The average Bonchev–Trinajstić information content (AvgIpc) is 2.52. The quantitative estimate of drug-likeness (QED) is 0.376. The molecule has 0 unspecified atom stereocenters. The van der Waals surface area contributed by atoms with Crippen LogP contribution in [0.25, 0.3) is 5.57 Å². The second kappa shape index (κ2) is 3.07. The van der Waals surface area contributed by atoms with Gasteiger partial charge in [-0.2, -0.15) is 5.26 Å². The van der Waals surface area contributed by atoms with Crippen molar-refractivity contribution in [1.29, 1.82) is 5.26 Å². The number of ketones is 2. The molecular weight excluding hydrogens is 192 g/mol. The second-order valence-corrected chi connectivity index (χ2v) is 3.10. The minimum atomic E-state index is -0.699. The first-order valence-electron chi connectivity index (χ1n) is 4.25. The predicted octanol–water partition coefficient (Wildman–Crippen LogP) is 0.645. The summed E-state index contributed by atoms with van der Waals surface area (Å²) in [6.07, 6.45) is 0. The van der Waals surface area contributed by atoms with Crippen LogP contribution in [0.1, 0.15) is 15.9 Å². The number of carbonyl (C=O) groups excluding carboxylic acids is 2. The monoisotopic (exact) mass is 198 g/mol. The Morgan fingerprint density at radius 1 is 1.13 bits per heavy atom. The Morgan fingerprint density at radius 2 is 1.73 bits per heavy atom. The zero-order valence-corrected chi connectivity index (χ0v) is 7.65. The molecule has 0 bridgehead atoms. The summed E-state index contributed by atoms with van der Waals surface area (Å²) in [5, 5.41) is 8.63. The van der Waals surface area contributed by atoms with E-state index in [-0.39, 0.29) is 11.3 Å². The Balaban J connectivity index is 2.80. The second-order valence-electron chi connectivity index (χ2n) is 3.10. The maximum absolute atomic E-state index is 11.5.